The van der Waals surface area contributed by atoms with Gasteiger partial charge in [-0.2, -0.15) is 0 Å². The van der Waals surface area contributed by atoms with Crippen LogP contribution in [0.2, 0.25) is 0 Å². The molecule has 0 saturated carbocycles. The number of aromatic nitrogens is 3. The molecule has 182 valence electrons. The van der Waals surface area contributed by atoms with Crippen molar-refractivity contribution in [3.63, 3.8) is 0 Å². The van der Waals surface area contributed by atoms with Crippen molar-refractivity contribution < 1.29 is 19.1 Å². The minimum Gasteiger partial charge on any atom is -0.497 e. The van der Waals surface area contributed by atoms with Crippen LogP contribution in [0.3, 0.4) is 0 Å². The van der Waals surface area contributed by atoms with Crippen molar-refractivity contribution in [3.05, 3.63) is 73.2 Å². The molecule has 4 aromatic rings. The van der Waals surface area contributed by atoms with Crippen LogP contribution >= 0.6 is 0 Å². The van der Waals surface area contributed by atoms with Gasteiger partial charge in [0.05, 0.1) is 36.2 Å². The van der Waals surface area contributed by atoms with Gasteiger partial charge in [0.2, 0.25) is 11.9 Å². The van der Waals surface area contributed by atoms with Gasteiger partial charge in [0.15, 0.2) is 5.75 Å². The Bertz CT molecular complexity index is 1430. The first-order valence-electron chi connectivity index (χ1n) is 11.3. The van der Waals surface area contributed by atoms with Crippen molar-refractivity contribution in [1.82, 2.24) is 20.4 Å². The van der Waals surface area contributed by atoms with Gasteiger partial charge >= 0.3 is 0 Å². The first kappa shape index (κ1) is 23.2. The molecule has 0 spiro atoms. The van der Waals surface area contributed by atoms with Crippen LogP contribution in [0.25, 0.3) is 10.9 Å². The third kappa shape index (κ3) is 4.41. The van der Waals surface area contributed by atoms with E-state index in [1.807, 2.05) is 36.4 Å². The van der Waals surface area contributed by atoms with Gasteiger partial charge in [-0.3, -0.25) is 19.9 Å². The first-order valence-corrected chi connectivity index (χ1v) is 11.3. The fourth-order valence-electron chi connectivity index (χ4n) is 4.11. The number of benzene rings is 2. The molecule has 2 aromatic heterocycles. The Hall–Kier alpha value is -4.57. The smallest absolute Gasteiger partial charge is 0.255 e. The Balaban J connectivity index is 1.29. The molecular formula is C26H24N6O4. The molecule has 36 heavy (non-hydrogen) atoms. The average molecular weight is 485 g/mol. The summed E-state index contributed by atoms with van der Waals surface area (Å²) in [5.74, 6) is -0.111. The molecule has 0 radical (unpaired) electrons. The normalized spacial score (nSPS) is 16.7. The molecule has 2 amide bonds. The van der Waals surface area contributed by atoms with Gasteiger partial charge in [-0.15, -0.1) is 0 Å². The number of nitrogens with zero attached hydrogens (tertiary/aromatic N) is 4. The molecule has 1 fully saturated rings. The SMILES string of the molecule is COc1ccc2c(Oc3cnc(NC(=O)C4C(=O)N(c5ccccc5)NC4(C)C)nc3)ccnc2c1. The summed E-state index contributed by atoms with van der Waals surface area (Å²) in [6.07, 6.45) is 4.54. The molecule has 0 aliphatic carbocycles. The lowest BCUT2D eigenvalue weighted by atomic mass is 9.88. The summed E-state index contributed by atoms with van der Waals surface area (Å²) < 4.78 is 11.2. The summed E-state index contributed by atoms with van der Waals surface area (Å²) in [7, 11) is 1.60. The van der Waals surface area contributed by atoms with Crippen LogP contribution in [0.4, 0.5) is 11.6 Å². The molecule has 2 aromatic carbocycles. The molecule has 1 aliphatic rings. The van der Waals surface area contributed by atoms with E-state index < -0.39 is 17.4 Å². The monoisotopic (exact) mass is 484 g/mol. The highest BCUT2D eigenvalue weighted by atomic mass is 16.5. The van der Waals surface area contributed by atoms with E-state index in [2.05, 4.69) is 25.7 Å². The third-order valence-corrected chi connectivity index (χ3v) is 5.87. The molecule has 2 N–H and O–H groups in total. The lowest BCUT2D eigenvalue weighted by Gasteiger charge is -2.23. The van der Waals surface area contributed by atoms with Crippen LogP contribution in [0.1, 0.15) is 13.8 Å². The van der Waals surface area contributed by atoms with E-state index in [4.69, 9.17) is 9.47 Å². The molecule has 10 nitrogen and oxygen atoms in total. The Kier molecular flexibility index (Phi) is 5.95. The van der Waals surface area contributed by atoms with Crippen molar-refractivity contribution in [2.45, 2.75) is 19.4 Å². The number of rotatable bonds is 6. The van der Waals surface area contributed by atoms with Crippen LogP contribution in [-0.4, -0.2) is 39.4 Å². The summed E-state index contributed by atoms with van der Waals surface area (Å²) in [6, 6.07) is 16.3. The zero-order chi connectivity index (χ0) is 25.3. The summed E-state index contributed by atoms with van der Waals surface area (Å²) in [5.41, 5.74) is 3.69. The average Bonchev–Trinajstić information content (AvgIpc) is 3.13. The van der Waals surface area contributed by atoms with Crippen molar-refractivity contribution in [2.75, 3.05) is 17.4 Å². The van der Waals surface area contributed by atoms with Gasteiger partial charge in [0.25, 0.3) is 5.91 Å². The minimum atomic E-state index is -0.975. The number of hydrogen-bond donors (Lipinski definition) is 2. The zero-order valence-corrected chi connectivity index (χ0v) is 19.9. The largest absolute Gasteiger partial charge is 0.497 e. The number of amides is 2. The first-order chi connectivity index (χ1) is 17.4. The second kappa shape index (κ2) is 9.23. The lowest BCUT2D eigenvalue weighted by Crippen LogP contribution is -2.46. The minimum absolute atomic E-state index is 0.0680. The number of hydrogen-bond acceptors (Lipinski definition) is 8. The standard InChI is InChI=1S/C26H24N6O4/c1-26(2)22(24(34)32(31-26)16-7-5-4-6-8-16)23(33)30-25-28-14-18(15-29-25)36-21-11-12-27-20-13-17(35-3)9-10-19(20)21/h4-15,22,31H,1-3H3,(H,28,29,30,33). The van der Waals surface area contributed by atoms with Crippen LogP contribution in [0, 0.1) is 5.92 Å². The van der Waals surface area contributed by atoms with Gasteiger partial charge in [0, 0.05) is 17.6 Å². The number of fused-ring (bicyclic) bond motifs is 1. The van der Waals surface area contributed by atoms with Crippen molar-refractivity contribution in [2.24, 2.45) is 5.92 Å². The van der Waals surface area contributed by atoms with Gasteiger partial charge in [-0.05, 0) is 44.2 Å². The number of pyridine rings is 1. The quantitative estimate of drug-likeness (QED) is 0.398. The molecular weight excluding hydrogens is 460 g/mol. The van der Waals surface area contributed by atoms with Gasteiger partial charge in [-0.25, -0.2) is 20.4 Å². The molecule has 1 saturated heterocycles. The van der Waals surface area contributed by atoms with Crippen molar-refractivity contribution in [3.8, 4) is 17.2 Å². The third-order valence-electron chi connectivity index (χ3n) is 5.87. The van der Waals surface area contributed by atoms with Gasteiger partial charge in [-0.1, -0.05) is 18.2 Å². The van der Waals surface area contributed by atoms with E-state index >= 15 is 0 Å². The van der Waals surface area contributed by atoms with E-state index in [0.29, 0.717) is 22.9 Å². The summed E-state index contributed by atoms with van der Waals surface area (Å²) >= 11 is 0. The molecule has 0 bridgehead atoms. The molecule has 10 heteroatoms. The molecule has 3 heterocycles. The number of hydrazine groups is 1. The highest BCUT2D eigenvalue weighted by Gasteiger charge is 2.51. The maximum atomic E-state index is 13.1. The van der Waals surface area contributed by atoms with Crippen LogP contribution in [0.15, 0.2) is 73.2 Å². The number of carbonyl (C=O) groups excluding carboxylic acids is 2. The number of methoxy groups -OCH3 is 1. The maximum absolute atomic E-state index is 13.1. The molecule has 1 atom stereocenters. The number of anilines is 2. The molecule has 1 aliphatic heterocycles. The highest BCUT2D eigenvalue weighted by Crippen LogP contribution is 2.32. The van der Waals surface area contributed by atoms with Gasteiger partial charge < -0.3 is 9.47 Å². The summed E-state index contributed by atoms with van der Waals surface area (Å²) in [5, 5.41) is 4.85. The lowest BCUT2D eigenvalue weighted by molar-refractivity contribution is -0.130. The van der Waals surface area contributed by atoms with E-state index in [1.54, 1.807) is 45.4 Å². The highest BCUT2D eigenvalue weighted by molar-refractivity contribution is 6.13. The van der Waals surface area contributed by atoms with E-state index in [9.17, 15) is 9.59 Å². The van der Waals surface area contributed by atoms with E-state index in [-0.39, 0.29) is 11.9 Å². The second-order valence-electron chi connectivity index (χ2n) is 8.80. The summed E-state index contributed by atoms with van der Waals surface area (Å²) in [4.78, 5) is 38.9. The van der Waals surface area contributed by atoms with Crippen LogP contribution in [0.5, 0.6) is 17.2 Å². The van der Waals surface area contributed by atoms with E-state index in [0.717, 1.165) is 10.9 Å². The fourth-order valence-corrected chi connectivity index (χ4v) is 4.11. The second-order valence-corrected chi connectivity index (χ2v) is 8.80. The number of para-hydroxylation sites is 1. The van der Waals surface area contributed by atoms with Crippen LogP contribution < -0.4 is 25.2 Å². The van der Waals surface area contributed by atoms with E-state index in [1.165, 1.54) is 17.4 Å². The Morgan fingerprint density at radius 3 is 2.50 bits per heavy atom. The maximum Gasteiger partial charge on any atom is 0.255 e. The Labute approximate surface area is 207 Å². The zero-order valence-electron chi connectivity index (χ0n) is 19.9. The Morgan fingerprint density at radius 1 is 1.03 bits per heavy atom. The predicted molar refractivity (Wildman–Crippen MR) is 134 cm³/mol. The van der Waals surface area contributed by atoms with Crippen LogP contribution in [-0.2, 0) is 9.59 Å². The van der Waals surface area contributed by atoms with Crippen molar-refractivity contribution in [1.29, 1.82) is 0 Å². The van der Waals surface area contributed by atoms with Gasteiger partial charge in [0.1, 0.15) is 17.4 Å². The number of carbonyl (C=O) groups is 2. The summed E-state index contributed by atoms with van der Waals surface area (Å²) in [6.45, 7) is 3.59. The number of ether oxygens (including phenoxy) is 2. The Morgan fingerprint density at radius 2 is 1.78 bits per heavy atom. The predicted octanol–water partition coefficient (Wildman–Crippen LogP) is 3.71. The molecule has 1 unspecified atom stereocenters. The van der Waals surface area contributed by atoms with Crippen molar-refractivity contribution >= 4 is 34.4 Å². The topological polar surface area (TPSA) is 119 Å². The molecule has 5 rings (SSSR count). The number of nitrogens with one attached hydrogen (secondary N) is 2. The fraction of sp³-hybridized carbons (Fsp3) is 0.192.